The maximum absolute atomic E-state index is 12.9. The van der Waals surface area contributed by atoms with Gasteiger partial charge in [0, 0.05) is 6.54 Å². The molecule has 1 heterocycles. The van der Waals surface area contributed by atoms with Gasteiger partial charge in [-0.05, 0) is 37.5 Å². The molecule has 0 spiro atoms. The van der Waals surface area contributed by atoms with Crippen molar-refractivity contribution < 1.29 is 27.9 Å². The van der Waals surface area contributed by atoms with E-state index >= 15 is 0 Å². The van der Waals surface area contributed by atoms with E-state index in [4.69, 9.17) is 0 Å². The molecule has 21 heavy (non-hydrogen) atoms. The zero-order valence-corrected chi connectivity index (χ0v) is 11.3. The van der Waals surface area contributed by atoms with E-state index in [9.17, 15) is 27.9 Å². The molecule has 0 aromatic heterocycles. The van der Waals surface area contributed by atoms with E-state index in [0.29, 0.717) is 0 Å². The van der Waals surface area contributed by atoms with Crippen LogP contribution in [-0.2, 0) is 4.79 Å². The van der Waals surface area contributed by atoms with Crippen LogP contribution < -0.4 is 5.32 Å². The van der Waals surface area contributed by atoms with Crippen LogP contribution in [0.15, 0.2) is 0 Å². The van der Waals surface area contributed by atoms with Crippen LogP contribution in [0.5, 0.6) is 0 Å². The summed E-state index contributed by atoms with van der Waals surface area (Å²) < 4.78 is 38.6. The molecule has 0 aromatic rings. The lowest BCUT2D eigenvalue weighted by molar-refractivity contribution is -0.163. The fourth-order valence-electron chi connectivity index (χ4n) is 3.71. The molecule has 3 aliphatic rings. The monoisotopic (exact) mass is 306 g/mol. The molecular weight excluding hydrogens is 289 g/mol. The first kappa shape index (κ1) is 14.5. The predicted octanol–water partition coefficient (Wildman–Crippen LogP) is 1.98. The molecule has 0 bridgehead atoms. The van der Waals surface area contributed by atoms with Gasteiger partial charge in [-0.3, -0.25) is 0 Å². The minimum Gasteiger partial charge on any atom is -0.480 e. The third-order valence-corrected chi connectivity index (χ3v) is 5.04. The highest BCUT2D eigenvalue weighted by molar-refractivity contribution is 5.84. The number of nitrogens with zero attached hydrogens (tertiary/aromatic N) is 1. The van der Waals surface area contributed by atoms with Gasteiger partial charge < -0.3 is 15.3 Å². The van der Waals surface area contributed by atoms with Gasteiger partial charge >= 0.3 is 18.2 Å². The van der Waals surface area contributed by atoms with E-state index in [1.165, 1.54) is 0 Å². The topological polar surface area (TPSA) is 69.6 Å². The quantitative estimate of drug-likeness (QED) is 0.819. The smallest absolute Gasteiger partial charge is 0.411 e. The number of halogens is 3. The van der Waals surface area contributed by atoms with Gasteiger partial charge in [-0.1, -0.05) is 6.42 Å². The minimum absolute atomic E-state index is 0.0953. The molecule has 2 N–H and O–H groups in total. The maximum Gasteiger partial charge on any atom is 0.411 e. The number of alkyl halides is 3. The van der Waals surface area contributed by atoms with E-state index in [-0.39, 0.29) is 31.2 Å². The summed E-state index contributed by atoms with van der Waals surface area (Å²) in [6, 6.07) is -1.90. The van der Waals surface area contributed by atoms with E-state index in [1.54, 1.807) is 0 Å². The van der Waals surface area contributed by atoms with Crippen molar-refractivity contribution in [2.24, 2.45) is 11.8 Å². The van der Waals surface area contributed by atoms with Gasteiger partial charge in [-0.2, -0.15) is 13.2 Å². The van der Waals surface area contributed by atoms with Crippen LogP contribution in [-0.4, -0.2) is 46.3 Å². The number of carboxylic acid groups (broad SMARTS) is 1. The average Bonchev–Trinajstić information content (AvgIpc) is 2.86. The van der Waals surface area contributed by atoms with Crippen LogP contribution in [0.3, 0.4) is 0 Å². The summed E-state index contributed by atoms with van der Waals surface area (Å²) in [4.78, 5) is 24.6. The van der Waals surface area contributed by atoms with Crippen LogP contribution in [0.4, 0.5) is 18.0 Å². The minimum atomic E-state index is -4.49. The predicted molar refractivity (Wildman–Crippen MR) is 65.5 cm³/mol. The summed E-state index contributed by atoms with van der Waals surface area (Å²) in [6.45, 7) is 0.238. The third kappa shape index (κ3) is 2.24. The molecule has 2 amide bonds. The summed E-state index contributed by atoms with van der Waals surface area (Å²) in [6.07, 6.45) is -2.29. The molecule has 3 atom stereocenters. The van der Waals surface area contributed by atoms with Crippen molar-refractivity contribution in [3.05, 3.63) is 0 Å². The number of rotatable bonds is 2. The number of hydrogen-bond donors (Lipinski definition) is 2. The Morgan fingerprint density at radius 2 is 1.90 bits per heavy atom. The molecule has 2 aliphatic carbocycles. The first-order valence-electron chi connectivity index (χ1n) is 7.13. The molecule has 0 radical (unpaired) electrons. The summed E-state index contributed by atoms with van der Waals surface area (Å²) in [7, 11) is 0. The number of aliphatic carboxylic acids is 1. The van der Waals surface area contributed by atoms with E-state index in [2.05, 4.69) is 0 Å². The van der Waals surface area contributed by atoms with Crippen LogP contribution >= 0.6 is 0 Å². The highest BCUT2D eigenvalue weighted by atomic mass is 19.4. The van der Waals surface area contributed by atoms with Crippen LogP contribution in [0.25, 0.3) is 0 Å². The number of fused-ring (bicyclic) bond motifs is 1. The number of urea groups is 1. The molecule has 1 saturated heterocycles. The molecule has 3 fully saturated rings. The van der Waals surface area contributed by atoms with Gasteiger partial charge in [0.1, 0.15) is 11.6 Å². The SMILES string of the molecule is O=C(O)C1C2CCCC2CN1C(=O)NC1(C(F)(F)F)CC1. The Labute approximate surface area is 119 Å². The van der Waals surface area contributed by atoms with Gasteiger partial charge in [-0.25, -0.2) is 9.59 Å². The van der Waals surface area contributed by atoms with Crippen molar-refractivity contribution >= 4 is 12.0 Å². The summed E-state index contributed by atoms with van der Waals surface area (Å²) >= 11 is 0. The van der Waals surface area contributed by atoms with Crippen molar-refractivity contribution in [3.8, 4) is 0 Å². The van der Waals surface area contributed by atoms with E-state index in [0.717, 1.165) is 24.2 Å². The molecule has 5 nitrogen and oxygen atoms in total. The van der Waals surface area contributed by atoms with Crippen molar-refractivity contribution in [3.63, 3.8) is 0 Å². The zero-order chi connectivity index (χ0) is 15.4. The lowest BCUT2D eigenvalue weighted by atomic mass is 9.94. The standard InChI is InChI=1S/C13H17F3N2O3/c14-13(15,16)12(4-5-12)17-11(21)18-6-7-2-1-3-8(7)9(18)10(19)20/h7-9H,1-6H2,(H,17,21)(H,19,20). The molecular formula is C13H17F3N2O3. The van der Waals surface area contributed by atoms with Crippen molar-refractivity contribution in [1.29, 1.82) is 0 Å². The number of likely N-dealkylation sites (tertiary alicyclic amines) is 1. The largest absolute Gasteiger partial charge is 0.480 e. The number of carboxylic acids is 1. The Bertz CT molecular complexity index is 476. The van der Waals surface area contributed by atoms with Gasteiger partial charge in [-0.15, -0.1) is 0 Å². The second-order valence-electron chi connectivity index (χ2n) is 6.30. The molecule has 118 valence electrons. The Morgan fingerprint density at radius 1 is 1.24 bits per heavy atom. The van der Waals surface area contributed by atoms with Crippen LogP contribution in [0, 0.1) is 11.8 Å². The summed E-state index contributed by atoms with van der Waals surface area (Å²) in [5.74, 6) is -1.16. The Hall–Kier alpha value is -1.47. The molecule has 0 aromatic carbocycles. The molecule has 2 saturated carbocycles. The molecule has 1 aliphatic heterocycles. The van der Waals surface area contributed by atoms with E-state index < -0.39 is 29.8 Å². The lowest BCUT2D eigenvalue weighted by Crippen LogP contribution is -2.55. The van der Waals surface area contributed by atoms with Crippen molar-refractivity contribution in [2.45, 2.75) is 49.9 Å². The molecule has 3 unspecified atom stereocenters. The van der Waals surface area contributed by atoms with Gasteiger partial charge in [0.15, 0.2) is 0 Å². The summed E-state index contributed by atoms with van der Waals surface area (Å²) in [5, 5.41) is 11.3. The second kappa shape index (κ2) is 4.51. The Morgan fingerprint density at radius 3 is 2.43 bits per heavy atom. The number of hydrogen-bond acceptors (Lipinski definition) is 2. The summed E-state index contributed by atoms with van der Waals surface area (Å²) in [5.41, 5.74) is -2.15. The fraction of sp³-hybridized carbons (Fsp3) is 0.846. The maximum atomic E-state index is 12.9. The van der Waals surface area contributed by atoms with E-state index in [1.807, 2.05) is 5.32 Å². The van der Waals surface area contributed by atoms with Gasteiger partial charge in [0.05, 0.1) is 0 Å². The first-order valence-corrected chi connectivity index (χ1v) is 7.13. The Kier molecular flexibility index (Phi) is 3.11. The first-order chi connectivity index (χ1) is 9.75. The average molecular weight is 306 g/mol. The number of nitrogens with one attached hydrogen (secondary N) is 1. The third-order valence-electron chi connectivity index (χ3n) is 5.04. The van der Waals surface area contributed by atoms with Crippen molar-refractivity contribution in [1.82, 2.24) is 10.2 Å². The second-order valence-corrected chi connectivity index (χ2v) is 6.30. The van der Waals surface area contributed by atoms with Crippen LogP contribution in [0.1, 0.15) is 32.1 Å². The highest BCUT2D eigenvalue weighted by Crippen LogP contribution is 2.49. The van der Waals surface area contributed by atoms with Gasteiger partial charge in [0.2, 0.25) is 0 Å². The highest BCUT2D eigenvalue weighted by Gasteiger charge is 2.65. The molecule has 3 rings (SSSR count). The van der Waals surface area contributed by atoms with Crippen molar-refractivity contribution in [2.75, 3.05) is 6.54 Å². The van der Waals surface area contributed by atoms with Crippen LogP contribution in [0.2, 0.25) is 0 Å². The number of carbonyl (C=O) groups excluding carboxylic acids is 1. The molecule has 8 heteroatoms. The Balaban J connectivity index is 1.74. The number of amides is 2. The number of carbonyl (C=O) groups is 2. The van der Waals surface area contributed by atoms with Gasteiger partial charge in [0.25, 0.3) is 0 Å². The zero-order valence-electron chi connectivity index (χ0n) is 11.3. The fourth-order valence-corrected chi connectivity index (χ4v) is 3.71. The lowest BCUT2D eigenvalue weighted by Gasteiger charge is -2.28. The normalized spacial score (nSPS) is 33.7.